The smallest absolute Gasteiger partial charge is 0.288 e. The minimum atomic E-state index is -0.110. The zero-order valence-electron chi connectivity index (χ0n) is 9.09. The van der Waals surface area contributed by atoms with Crippen LogP contribution in [0.1, 0.15) is 0 Å². The second-order valence-corrected chi connectivity index (χ2v) is 4.50. The van der Waals surface area contributed by atoms with E-state index in [4.69, 9.17) is 5.73 Å². The molecule has 0 aliphatic carbocycles. The number of nitrogens with two attached hydrogens (primary N) is 1. The summed E-state index contributed by atoms with van der Waals surface area (Å²) in [5, 5.41) is 2.69. The molecule has 0 saturated heterocycles. The Morgan fingerprint density at radius 1 is 1.00 bits per heavy atom. The van der Waals surface area contributed by atoms with Gasteiger partial charge in [-0.1, -0.05) is 18.2 Å². The molecule has 0 atom stereocenters. The quantitative estimate of drug-likeness (QED) is 0.627. The van der Waals surface area contributed by atoms with Gasteiger partial charge in [0.15, 0.2) is 0 Å². The average Bonchev–Trinajstić information content (AvgIpc) is 2.33. The minimum absolute atomic E-state index is 0.110. The first-order chi connectivity index (χ1) is 8.24. The van der Waals surface area contributed by atoms with Crippen LogP contribution >= 0.6 is 11.8 Å². The highest BCUT2D eigenvalue weighted by Crippen LogP contribution is 2.21. The van der Waals surface area contributed by atoms with Crippen molar-refractivity contribution in [2.75, 3.05) is 11.1 Å². The Morgan fingerprint density at radius 2 is 1.65 bits per heavy atom. The topological polar surface area (TPSA) is 55.1 Å². The summed E-state index contributed by atoms with van der Waals surface area (Å²) in [5.41, 5.74) is 7.06. The van der Waals surface area contributed by atoms with E-state index in [2.05, 4.69) is 5.32 Å². The number of anilines is 2. The molecule has 0 unspecified atom stereocenters. The molecule has 0 aliphatic heterocycles. The molecule has 3 nitrogen and oxygen atoms in total. The molecule has 3 N–H and O–H groups in total. The van der Waals surface area contributed by atoms with Crippen LogP contribution in [-0.4, -0.2) is 5.24 Å². The van der Waals surface area contributed by atoms with Crippen LogP contribution < -0.4 is 11.1 Å². The van der Waals surface area contributed by atoms with Crippen molar-refractivity contribution in [1.29, 1.82) is 0 Å². The van der Waals surface area contributed by atoms with Gasteiger partial charge in [0.2, 0.25) is 0 Å². The highest BCUT2D eigenvalue weighted by molar-refractivity contribution is 8.13. The Kier molecular flexibility index (Phi) is 3.67. The van der Waals surface area contributed by atoms with E-state index in [9.17, 15) is 4.79 Å². The molecule has 0 radical (unpaired) electrons. The maximum Gasteiger partial charge on any atom is 0.288 e. The summed E-state index contributed by atoms with van der Waals surface area (Å²) in [5.74, 6) is 0. The molecular weight excluding hydrogens is 232 g/mol. The summed E-state index contributed by atoms with van der Waals surface area (Å²) >= 11 is 1.14. The van der Waals surface area contributed by atoms with Gasteiger partial charge in [0.1, 0.15) is 0 Å². The van der Waals surface area contributed by atoms with Crippen LogP contribution in [0.15, 0.2) is 59.5 Å². The Bertz CT molecular complexity index is 497. The van der Waals surface area contributed by atoms with Gasteiger partial charge in [-0.3, -0.25) is 4.79 Å². The fourth-order valence-electron chi connectivity index (χ4n) is 1.31. The maximum absolute atomic E-state index is 11.7. The van der Waals surface area contributed by atoms with Gasteiger partial charge in [-0.05, 0) is 48.2 Å². The molecule has 2 aromatic carbocycles. The Labute approximate surface area is 104 Å². The summed E-state index contributed by atoms with van der Waals surface area (Å²) < 4.78 is 0. The third-order valence-corrected chi connectivity index (χ3v) is 2.91. The number of nitrogens with one attached hydrogen (secondary N) is 1. The molecule has 0 heterocycles. The lowest BCUT2D eigenvalue weighted by Gasteiger charge is -2.04. The van der Waals surface area contributed by atoms with E-state index in [0.29, 0.717) is 5.69 Å². The molecule has 0 spiro atoms. The fraction of sp³-hybridized carbons (Fsp3) is 0. The van der Waals surface area contributed by atoms with E-state index < -0.39 is 0 Å². The summed E-state index contributed by atoms with van der Waals surface area (Å²) in [6, 6.07) is 16.6. The summed E-state index contributed by atoms with van der Waals surface area (Å²) in [7, 11) is 0. The predicted molar refractivity (Wildman–Crippen MR) is 72.2 cm³/mol. The molecule has 0 bridgehead atoms. The first-order valence-corrected chi connectivity index (χ1v) is 5.95. The fourth-order valence-corrected chi connectivity index (χ4v) is 1.96. The molecule has 0 saturated carbocycles. The molecule has 4 heteroatoms. The first kappa shape index (κ1) is 11.5. The van der Waals surface area contributed by atoms with E-state index in [1.807, 2.05) is 42.5 Å². The number of carbonyl (C=O) groups is 1. The van der Waals surface area contributed by atoms with Gasteiger partial charge >= 0.3 is 0 Å². The number of nitrogen functional groups attached to an aromatic ring is 1. The van der Waals surface area contributed by atoms with Crippen molar-refractivity contribution in [3.05, 3.63) is 54.6 Å². The summed E-state index contributed by atoms with van der Waals surface area (Å²) in [4.78, 5) is 12.6. The number of hydrogen-bond donors (Lipinski definition) is 2. The van der Waals surface area contributed by atoms with Gasteiger partial charge in [0.05, 0.1) is 0 Å². The number of para-hydroxylation sites is 1. The van der Waals surface area contributed by atoms with E-state index in [0.717, 1.165) is 22.3 Å². The molecule has 2 aromatic rings. The van der Waals surface area contributed by atoms with Crippen molar-refractivity contribution in [2.24, 2.45) is 0 Å². The van der Waals surface area contributed by atoms with Crippen molar-refractivity contribution in [3.63, 3.8) is 0 Å². The van der Waals surface area contributed by atoms with E-state index in [-0.39, 0.29) is 5.24 Å². The second kappa shape index (κ2) is 5.41. The number of amides is 1. The molecule has 1 amide bonds. The highest BCUT2D eigenvalue weighted by atomic mass is 32.2. The van der Waals surface area contributed by atoms with Gasteiger partial charge in [-0.2, -0.15) is 0 Å². The van der Waals surface area contributed by atoms with Crippen LogP contribution in [-0.2, 0) is 0 Å². The molecule has 17 heavy (non-hydrogen) atoms. The normalized spacial score (nSPS) is 9.88. The monoisotopic (exact) mass is 244 g/mol. The summed E-state index contributed by atoms with van der Waals surface area (Å²) in [6.45, 7) is 0. The third-order valence-electron chi connectivity index (χ3n) is 2.11. The third kappa shape index (κ3) is 3.53. The van der Waals surface area contributed by atoms with E-state index in [1.54, 1.807) is 12.1 Å². The van der Waals surface area contributed by atoms with Crippen molar-refractivity contribution in [1.82, 2.24) is 0 Å². The number of thioether (sulfide) groups is 1. The SMILES string of the molecule is Nc1ccc(SC(=O)Nc2ccccc2)cc1. The molecule has 0 aromatic heterocycles. The van der Waals surface area contributed by atoms with E-state index in [1.165, 1.54) is 0 Å². The lowest BCUT2D eigenvalue weighted by molar-refractivity contribution is 0.270. The summed E-state index contributed by atoms with van der Waals surface area (Å²) in [6.07, 6.45) is 0. The van der Waals surface area contributed by atoms with Crippen LogP contribution in [0.4, 0.5) is 16.2 Å². The average molecular weight is 244 g/mol. The van der Waals surface area contributed by atoms with Crippen LogP contribution in [0.3, 0.4) is 0 Å². The van der Waals surface area contributed by atoms with E-state index >= 15 is 0 Å². The largest absolute Gasteiger partial charge is 0.399 e. The highest BCUT2D eigenvalue weighted by Gasteiger charge is 2.04. The second-order valence-electron chi connectivity index (χ2n) is 3.45. The zero-order chi connectivity index (χ0) is 12.1. The number of carbonyl (C=O) groups excluding carboxylic acids is 1. The zero-order valence-corrected chi connectivity index (χ0v) is 9.91. The number of benzene rings is 2. The Hall–Kier alpha value is -1.94. The van der Waals surface area contributed by atoms with Crippen molar-refractivity contribution < 1.29 is 4.79 Å². The maximum atomic E-state index is 11.7. The molecule has 0 aliphatic rings. The lowest BCUT2D eigenvalue weighted by atomic mass is 10.3. The van der Waals surface area contributed by atoms with Gasteiger partial charge in [-0.25, -0.2) is 0 Å². The van der Waals surface area contributed by atoms with Gasteiger partial charge in [0.25, 0.3) is 5.24 Å². The van der Waals surface area contributed by atoms with Gasteiger partial charge in [-0.15, -0.1) is 0 Å². The van der Waals surface area contributed by atoms with Crippen molar-refractivity contribution >= 4 is 28.4 Å². The molecule has 0 fully saturated rings. The number of hydrogen-bond acceptors (Lipinski definition) is 3. The standard InChI is InChI=1S/C13H12N2OS/c14-10-6-8-12(9-7-10)17-13(16)15-11-4-2-1-3-5-11/h1-9H,14H2,(H,15,16). The van der Waals surface area contributed by atoms with Crippen LogP contribution in [0.25, 0.3) is 0 Å². The van der Waals surface area contributed by atoms with Gasteiger partial charge < -0.3 is 11.1 Å². The van der Waals surface area contributed by atoms with Crippen LogP contribution in [0.5, 0.6) is 0 Å². The van der Waals surface area contributed by atoms with Crippen molar-refractivity contribution in [3.8, 4) is 0 Å². The number of rotatable bonds is 2. The molecule has 86 valence electrons. The molecular formula is C13H12N2OS. The Balaban J connectivity index is 1.96. The van der Waals surface area contributed by atoms with Crippen LogP contribution in [0.2, 0.25) is 0 Å². The Morgan fingerprint density at radius 3 is 2.29 bits per heavy atom. The van der Waals surface area contributed by atoms with Crippen LogP contribution in [0, 0.1) is 0 Å². The molecule has 2 rings (SSSR count). The van der Waals surface area contributed by atoms with Crippen molar-refractivity contribution in [2.45, 2.75) is 4.90 Å². The van der Waals surface area contributed by atoms with Gasteiger partial charge in [0, 0.05) is 16.3 Å². The predicted octanol–water partition coefficient (Wildman–Crippen LogP) is 3.59. The lowest BCUT2D eigenvalue weighted by Crippen LogP contribution is -2.04. The first-order valence-electron chi connectivity index (χ1n) is 5.13. The minimum Gasteiger partial charge on any atom is -0.399 e.